The Labute approximate surface area is 95.1 Å². The molecule has 0 atom stereocenters. The zero-order valence-electron chi connectivity index (χ0n) is 8.51. The van der Waals surface area contributed by atoms with Gasteiger partial charge in [-0.2, -0.15) is 0 Å². The summed E-state index contributed by atoms with van der Waals surface area (Å²) >= 11 is 0. The van der Waals surface area contributed by atoms with Crippen molar-refractivity contribution in [3.8, 4) is 11.4 Å². The summed E-state index contributed by atoms with van der Waals surface area (Å²) in [7, 11) is 0. The fourth-order valence-electron chi connectivity index (χ4n) is 1.84. The van der Waals surface area contributed by atoms with E-state index in [0.29, 0.717) is 17.1 Å². The summed E-state index contributed by atoms with van der Waals surface area (Å²) in [4.78, 5) is 14.5. The molecule has 0 saturated carbocycles. The Balaban J connectivity index is 2.21. The zero-order chi connectivity index (χ0) is 12.0. The summed E-state index contributed by atoms with van der Waals surface area (Å²) in [6.45, 7) is 0.0275. The van der Waals surface area contributed by atoms with Crippen LogP contribution in [0.1, 0.15) is 16.2 Å². The number of carboxylic acids is 1. The fraction of sp³-hybridized carbons (Fsp3) is 0.0909. The van der Waals surface area contributed by atoms with E-state index in [0.717, 1.165) is 0 Å². The lowest BCUT2D eigenvalue weighted by Crippen LogP contribution is -2.25. The van der Waals surface area contributed by atoms with Gasteiger partial charge in [-0.1, -0.05) is 0 Å². The SMILES string of the molecule is O=C([O-])c1ncn2c1COc1cc(F)ccc1-2. The lowest BCUT2D eigenvalue weighted by molar-refractivity contribution is -0.255. The molecule has 0 N–H and O–H groups in total. The molecule has 0 fully saturated rings. The minimum atomic E-state index is -1.35. The Morgan fingerprint density at radius 3 is 3.12 bits per heavy atom. The van der Waals surface area contributed by atoms with Crippen LogP contribution in [0, 0.1) is 5.82 Å². The van der Waals surface area contributed by atoms with E-state index in [9.17, 15) is 14.3 Å². The molecule has 5 nitrogen and oxygen atoms in total. The average Bonchev–Trinajstić information content (AvgIpc) is 2.72. The first-order valence-electron chi connectivity index (χ1n) is 4.87. The summed E-state index contributed by atoms with van der Waals surface area (Å²) in [6, 6.07) is 4.03. The van der Waals surface area contributed by atoms with E-state index in [2.05, 4.69) is 4.98 Å². The van der Waals surface area contributed by atoms with Crippen molar-refractivity contribution in [1.29, 1.82) is 0 Å². The molecule has 1 aliphatic rings. The molecule has 2 heterocycles. The summed E-state index contributed by atoms with van der Waals surface area (Å²) in [5.41, 5.74) is 0.803. The van der Waals surface area contributed by atoms with Crippen molar-refractivity contribution in [3.63, 3.8) is 0 Å². The van der Waals surface area contributed by atoms with E-state index in [1.54, 1.807) is 4.57 Å². The maximum atomic E-state index is 13.0. The highest BCUT2D eigenvalue weighted by Crippen LogP contribution is 2.31. The largest absolute Gasteiger partial charge is 0.543 e. The molecule has 0 spiro atoms. The number of imidazole rings is 1. The first-order chi connectivity index (χ1) is 8.16. The minimum absolute atomic E-state index is 0.0275. The number of benzene rings is 1. The lowest BCUT2D eigenvalue weighted by Gasteiger charge is -2.20. The number of ether oxygens (including phenoxy) is 1. The molecule has 0 aliphatic carbocycles. The third-order valence-corrected chi connectivity index (χ3v) is 2.61. The van der Waals surface area contributed by atoms with E-state index in [4.69, 9.17) is 4.74 Å². The van der Waals surface area contributed by atoms with Crippen LogP contribution in [0.3, 0.4) is 0 Å². The van der Waals surface area contributed by atoms with Crippen LogP contribution in [0.15, 0.2) is 24.5 Å². The number of nitrogens with zero attached hydrogens (tertiary/aromatic N) is 2. The molecule has 0 unspecified atom stereocenters. The van der Waals surface area contributed by atoms with Crippen LogP contribution in [-0.2, 0) is 6.61 Å². The van der Waals surface area contributed by atoms with Gasteiger partial charge in [-0.25, -0.2) is 9.37 Å². The van der Waals surface area contributed by atoms with Crippen LogP contribution in [0.4, 0.5) is 4.39 Å². The first kappa shape index (κ1) is 9.83. The summed E-state index contributed by atoms with van der Waals surface area (Å²) < 4.78 is 19.8. The predicted molar refractivity (Wildman–Crippen MR) is 52.2 cm³/mol. The van der Waals surface area contributed by atoms with Gasteiger partial charge in [0.05, 0.1) is 17.4 Å². The fourth-order valence-corrected chi connectivity index (χ4v) is 1.84. The number of aromatic carboxylic acids is 1. The van der Waals surface area contributed by atoms with Gasteiger partial charge in [0.2, 0.25) is 0 Å². The van der Waals surface area contributed by atoms with Crippen LogP contribution in [0.2, 0.25) is 0 Å². The molecule has 0 radical (unpaired) electrons. The molecule has 0 bridgehead atoms. The van der Waals surface area contributed by atoms with Crippen molar-refractivity contribution < 1.29 is 19.0 Å². The maximum Gasteiger partial charge on any atom is 0.146 e. The molecule has 1 aromatic carbocycles. The number of halogens is 1. The molecule has 1 aliphatic heterocycles. The Bertz CT molecular complexity index is 621. The monoisotopic (exact) mass is 233 g/mol. The van der Waals surface area contributed by atoms with Gasteiger partial charge in [-0.05, 0) is 12.1 Å². The Hall–Kier alpha value is -2.37. The standard InChI is InChI=1S/C11H7FN2O3/c12-6-1-2-7-9(3-6)17-4-8-10(11(15)16)13-5-14(7)8/h1-3,5H,4H2,(H,15,16)/p-1. The van der Waals surface area contributed by atoms with Crippen LogP contribution < -0.4 is 9.84 Å². The molecule has 0 saturated heterocycles. The number of carbonyl (C=O) groups excluding carboxylic acids is 1. The molecule has 6 heteroatoms. The topological polar surface area (TPSA) is 67.2 Å². The van der Waals surface area contributed by atoms with Gasteiger partial charge < -0.3 is 14.6 Å². The Morgan fingerprint density at radius 2 is 2.35 bits per heavy atom. The van der Waals surface area contributed by atoms with Gasteiger partial charge in [0.25, 0.3) is 0 Å². The molecule has 3 rings (SSSR count). The quantitative estimate of drug-likeness (QED) is 0.708. The van der Waals surface area contributed by atoms with Crippen LogP contribution in [0.5, 0.6) is 5.75 Å². The molecule has 1 aromatic heterocycles. The number of carboxylic acid groups (broad SMARTS) is 1. The lowest BCUT2D eigenvalue weighted by atomic mass is 10.2. The number of hydrogen-bond acceptors (Lipinski definition) is 4. The molecule has 0 amide bonds. The number of carbonyl (C=O) groups is 1. The first-order valence-corrected chi connectivity index (χ1v) is 4.87. The van der Waals surface area contributed by atoms with Crippen molar-refractivity contribution in [3.05, 3.63) is 41.7 Å². The Morgan fingerprint density at radius 1 is 1.53 bits per heavy atom. The van der Waals surface area contributed by atoms with Gasteiger partial charge in [0.1, 0.15) is 30.2 Å². The highest BCUT2D eigenvalue weighted by Gasteiger charge is 2.21. The van der Waals surface area contributed by atoms with Crippen LogP contribution in [-0.4, -0.2) is 15.5 Å². The average molecular weight is 233 g/mol. The summed E-state index contributed by atoms with van der Waals surface area (Å²) in [5.74, 6) is -1.40. The third kappa shape index (κ3) is 1.37. The van der Waals surface area contributed by atoms with Crippen molar-refractivity contribution in [1.82, 2.24) is 9.55 Å². The second-order valence-corrected chi connectivity index (χ2v) is 3.60. The van der Waals surface area contributed by atoms with E-state index in [1.807, 2.05) is 0 Å². The van der Waals surface area contributed by atoms with Gasteiger partial charge in [-0.3, -0.25) is 4.57 Å². The molecular formula is C11H6FN2O3-. The van der Waals surface area contributed by atoms with Crippen molar-refractivity contribution in [2.24, 2.45) is 0 Å². The smallest absolute Gasteiger partial charge is 0.146 e. The van der Waals surface area contributed by atoms with E-state index >= 15 is 0 Å². The zero-order valence-corrected chi connectivity index (χ0v) is 8.51. The highest BCUT2D eigenvalue weighted by atomic mass is 19.1. The highest BCUT2D eigenvalue weighted by molar-refractivity contribution is 5.85. The van der Waals surface area contributed by atoms with Crippen molar-refractivity contribution in [2.45, 2.75) is 6.61 Å². The molecular weight excluding hydrogens is 227 g/mol. The van der Waals surface area contributed by atoms with Gasteiger partial charge in [0, 0.05) is 6.07 Å². The summed E-state index contributed by atoms with van der Waals surface area (Å²) in [5, 5.41) is 10.8. The predicted octanol–water partition coefficient (Wildman–Crippen LogP) is 0.267. The van der Waals surface area contributed by atoms with E-state index < -0.39 is 11.8 Å². The Kier molecular flexibility index (Phi) is 1.91. The number of aromatic nitrogens is 2. The number of rotatable bonds is 1. The normalized spacial score (nSPS) is 12.5. The summed E-state index contributed by atoms with van der Waals surface area (Å²) in [6.07, 6.45) is 1.36. The van der Waals surface area contributed by atoms with Crippen molar-refractivity contribution in [2.75, 3.05) is 0 Å². The second-order valence-electron chi connectivity index (χ2n) is 3.60. The van der Waals surface area contributed by atoms with Gasteiger partial charge >= 0.3 is 0 Å². The van der Waals surface area contributed by atoms with Crippen molar-refractivity contribution >= 4 is 5.97 Å². The maximum absolute atomic E-state index is 13.0. The van der Waals surface area contributed by atoms with Crippen LogP contribution in [0.25, 0.3) is 5.69 Å². The van der Waals surface area contributed by atoms with Gasteiger partial charge in [0.15, 0.2) is 0 Å². The molecule has 17 heavy (non-hydrogen) atoms. The number of hydrogen-bond donors (Lipinski definition) is 0. The molecule has 2 aromatic rings. The van der Waals surface area contributed by atoms with Crippen LogP contribution >= 0.6 is 0 Å². The van der Waals surface area contributed by atoms with Gasteiger partial charge in [-0.15, -0.1) is 0 Å². The molecule has 86 valence electrons. The second kappa shape index (κ2) is 3.31. The minimum Gasteiger partial charge on any atom is -0.543 e. The van der Waals surface area contributed by atoms with E-state index in [1.165, 1.54) is 24.5 Å². The third-order valence-electron chi connectivity index (χ3n) is 2.61. The number of fused-ring (bicyclic) bond motifs is 3. The van der Waals surface area contributed by atoms with E-state index in [-0.39, 0.29) is 12.3 Å².